The summed E-state index contributed by atoms with van der Waals surface area (Å²) in [6.07, 6.45) is 3.37. The molecule has 0 radical (unpaired) electrons. The number of nitrogens with zero attached hydrogens (tertiary/aromatic N) is 4. The topological polar surface area (TPSA) is 72.2 Å². The first-order chi connectivity index (χ1) is 12.5. The number of carbonyl (C=O) groups is 1. The van der Waals surface area contributed by atoms with Crippen LogP contribution in [-0.4, -0.2) is 25.7 Å². The number of carbonyl (C=O) groups excluding carboxylic acids is 1. The molecule has 1 aromatic carbocycles. The molecule has 4 rings (SSSR count). The van der Waals surface area contributed by atoms with Crippen molar-refractivity contribution >= 4 is 27.9 Å². The average Bonchev–Trinajstić information content (AvgIpc) is 3.24. The Morgan fingerprint density at radius 2 is 2.15 bits per heavy atom. The number of benzene rings is 1. The summed E-state index contributed by atoms with van der Waals surface area (Å²) < 4.78 is 1.85. The molecule has 6 nitrogen and oxygen atoms in total. The zero-order chi connectivity index (χ0) is 18.3. The number of aromatic nitrogens is 4. The van der Waals surface area contributed by atoms with Crippen LogP contribution in [-0.2, 0) is 11.2 Å². The number of hydrogen-bond acceptors (Lipinski definition) is 5. The lowest BCUT2D eigenvalue weighted by atomic mass is 9.98. The zero-order valence-corrected chi connectivity index (χ0v) is 16.1. The van der Waals surface area contributed by atoms with Crippen molar-refractivity contribution in [1.82, 2.24) is 19.8 Å². The summed E-state index contributed by atoms with van der Waals surface area (Å²) in [6, 6.07) is 6.15. The summed E-state index contributed by atoms with van der Waals surface area (Å²) in [5, 5.41) is 17.1. The molecule has 0 spiro atoms. The Balaban J connectivity index is 1.43. The predicted octanol–water partition coefficient (Wildman–Crippen LogP) is 4.07. The molecule has 1 aliphatic carbocycles. The van der Waals surface area contributed by atoms with E-state index in [4.69, 9.17) is 0 Å². The Kier molecular flexibility index (Phi) is 4.48. The summed E-state index contributed by atoms with van der Waals surface area (Å²) in [4.78, 5) is 13.3. The van der Waals surface area contributed by atoms with Gasteiger partial charge in [-0.05, 0) is 36.8 Å². The fourth-order valence-electron chi connectivity index (χ4n) is 3.13. The van der Waals surface area contributed by atoms with E-state index in [2.05, 4.69) is 40.5 Å². The van der Waals surface area contributed by atoms with Gasteiger partial charge in [-0.2, -0.15) is 9.61 Å². The van der Waals surface area contributed by atoms with Crippen LogP contribution in [0.15, 0.2) is 18.2 Å². The van der Waals surface area contributed by atoms with Gasteiger partial charge in [-0.25, -0.2) is 0 Å². The number of rotatable bonds is 6. The highest BCUT2D eigenvalue weighted by molar-refractivity contribution is 7.16. The number of anilines is 1. The van der Waals surface area contributed by atoms with E-state index in [9.17, 15) is 4.79 Å². The van der Waals surface area contributed by atoms with Gasteiger partial charge in [0.1, 0.15) is 5.01 Å². The van der Waals surface area contributed by atoms with Crippen molar-refractivity contribution < 1.29 is 4.79 Å². The van der Waals surface area contributed by atoms with Crippen LogP contribution in [0.1, 0.15) is 66.9 Å². The number of para-hydroxylation sites is 1. The minimum absolute atomic E-state index is 0.0228. The largest absolute Gasteiger partial charge is 0.326 e. The number of amides is 1. The molecule has 0 saturated heterocycles. The standard InChI is InChI=1S/C19H23N5OS/c1-11(2)14-6-4-5-12(3)17(14)20-15(25)9-10-16-23-24-18(13-7-8-13)21-22-19(24)26-16/h4-6,11,13H,7-10H2,1-3H3,(H,20,25). The van der Waals surface area contributed by atoms with Crippen LogP contribution in [0.2, 0.25) is 0 Å². The van der Waals surface area contributed by atoms with Crippen molar-refractivity contribution in [2.24, 2.45) is 0 Å². The molecular formula is C19H23N5OS. The fourth-order valence-corrected chi connectivity index (χ4v) is 3.97. The van der Waals surface area contributed by atoms with Gasteiger partial charge in [0.2, 0.25) is 10.9 Å². The van der Waals surface area contributed by atoms with Crippen molar-refractivity contribution in [3.63, 3.8) is 0 Å². The van der Waals surface area contributed by atoms with Gasteiger partial charge < -0.3 is 5.32 Å². The number of fused-ring (bicyclic) bond motifs is 1. The molecule has 7 heteroatoms. The Morgan fingerprint density at radius 1 is 1.35 bits per heavy atom. The average molecular weight is 369 g/mol. The van der Waals surface area contributed by atoms with Gasteiger partial charge in [0.15, 0.2) is 5.82 Å². The molecule has 0 bridgehead atoms. The third-order valence-corrected chi connectivity index (χ3v) is 5.72. The van der Waals surface area contributed by atoms with Gasteiger partial charge in [0.05, 0.1) is 0 Å². The highest BCUT2D eigenvalue weighted by atomic mass is 32.1. The van der Waals surface area contributed by atoms with Crippen molar-refractivity contribution in [1.29, 1.82) is 0 Å². The van der Waals surface area contributed by atoms with Gasteiger partial charge in [-0.15, -0.1) is 10.2 Å². The SMILES string of the molecule is Cc1cccc(C(C)C)c1NC(=O)CCc1nn2c(C3CC3)nnc2s1. The van der Waals surface area contributed by atoms with Gasteiger partial charge in [-0.3, -0.25) is 4.79 Å². The second-order valence-corrected chi connectivity index (χ2v) is 8.31. The Labute approximate surface area is 156 Å². The summed E-state index contributed by atoms with van der Waals surface area (Å²) in [6.45, 7) is 6.31. The molecule has 136 valence electrons. The minimum Gasteiger partial charge on any atom is -0.326 e. The van der Waals surface area contributed by atoms with E-state index in [1.54, 1.807) is 0 Å². The molecule has 3 aromatic rings. The fraction of sp³-hybridized carbons (Fsp3) is 0.474. The van der Waals surface area contributed by atoms with E-state index >= 15 is 0 Å². The van der Waals surface area contributed by atoms with Crippen LogP contribution in [0.4, 0.5) is 5.69 Å². The van der Waals surface area contributed by atoms with Gasteiger partial charge in [-0.1, -0.05) is 43.4 Å². The summed E-state index contributed by atoms with van der Waals surface area (Å²) in [5.74, 6) is 1.87. The van der Waals surface area contributed by atoms with Crippen LogP contribution in [0.25, 0.3) is 4.96 Å². The maximum atomic E-state index is 12.5. The van der Waals surface area contributed by atoms with Gasteiger partial charge >= 0.3 is 0 Å². The van der Waals surface area contributed by atoms with Gasteiger partial charge in [0.25, 0.3) is 0 Å². The summed E-state index contributed by atoms with van der Waals surface area (Å²) >= 11 is 1.52. The second kappa shape index (κ2) is 6.79. The van der Waals surface area contributed by atoms with E-state index in [0.29, 0.717) is 24.7 Å². The van der Waals surface area contributed by atoms with Crippen molar-refractivity contribution in [2.45, 2.75) is 58.3 Å². The highest BCUT2D eigenvalue weighted by Crippen LogP contribution is 2.39. The summed E-state index contributed by atoms with van der Waals surface area (Å²) in [7, 11) is 0. The smallest absolute Gasteiger partial charge is 0.234 e. The third-order valence-electron chi connectivity index (χ3n) is 4.76. The van der Waals surface area contributed by atoms with E-state index in [0.717, 1.165) is 27.0 Å². The molecule has 26 heavy (non-hydrogen) atoms. The Bertz CT molecular complexity index is 954. The second-order valence-electron chi connectivity index (χ2n) is 7.26. The Hall–Kier alpha value is -2.28. The van der Waals surface area contributed by atoms with E-state index in [1.165, 1.54) is 29.7 Å². The third kappa shape index (κ3) is 3.35. The molecule has 0 unspecified atom stereocenters. The van der Waals surface area contributed by atoms with E-state index < -0.39 is 0 Å². The quantitative estimate of drug-likeness (QED) is 0.711. The maximum Gasteiger partial charge on any atom is 0.234 e. The lowest BCUT2D eigenvalue weighted by molar-refractivity contribution is -0.116. The van der Waals surface area contributed by atoms with Crippen molar-refractivity contribution in [2.75, 3.05) is 5.32 Å². The predicted molar refractivity (Wildman–Crippen MR) is 103 cm³/mol. The minimum atomic E-state index is 0.0228. The number of hydrogen-bond donors (Lipinski definition) is 1. The molecule has 2 aromatic heterocycles. The lowest BCUT2D eigenvalue weighted by Gasteiger charge is -2.16. The first-order valence-corrected chi connectivity index (χ1v) is 9.95. The molecule has 1 aliphatic rings. The number of aryl methyl sites for hydroxylation is 2. The van der Waals surface area contributed by atoms with Crippen molar-refractivity contribution in [3.05, 3.63) is 40.2 Å². The first kappa shape index (κ1) is 17.1. The van der Waals surface area contributed by atoms with Crippen LogP contribution in [0.3, 0.4) is 0 Å². The molecule has 2 heterocycles. The molecule has 1 saturated carbocycles. The molecular weight excluding hydrogens is 346 g/mol. The molecule has 0 atom stereocenters. The van der Waals surface area contributed by atoms with Crippen LogP contribution in [0, 0.1) is 6.92 Å². The highest BCUT2D eigenvalue weighted by Gasteiger charge is 2.30. The number of nitrogens with one attached hydrogen (secondary N) is 1. The van der Waals surface area contributed by atoms with Crippen LogP contribution < -0.4 is 5.32 Å². The maximum absolute atomic E-state index is 12.5. The molecule has 1 amide bonds. The molecule has 1 N–H and O–H groups in total. The first-order valence-electron chi connectivity index (χ1n) is 9.13. The monoisotopic (exact) mass is 369 g/mol. The Morgan fingerprint density at radius 3 is 2.88 bits per heavy atom. The normalized spacial score (nSPS) is 14.3. The van der Waals surface area contributed by atoms with Gasteiger partial charge in [0, 0.05) is 24.4 Å². The lowest BCUT2D eigenvalue weighted by Crippen LogP contribution is -2.15. The van der Waals surface area contributed by atoms with Crippen LogP contribution in [0.5, 0.6) is 0 Å². The van der Waals surface area contributed by atoms with Crippen molar-refractivity contribution in [3.8, 4) is 0 Å². The molecule has 0 aliphatic heterocycles. The zero-order valence-electron chi connectivity index (χ0n) is 15.3. The molecule has 1 fully saturated rings. The van der Waals surface area contributed by atoms with E-state index in [1.807, 2.05) is 23.6 Å². The summed E-state index contributed by atoms with van der Waals surface area (Å²) in [5.41, 5.74) is 3.21. The van der Waals surface area contributed by atoms with Crippen LogP contribution >= 0.6 is 11.3 Å². The van der Waals surface area contributed by atoms with E-state index in [-0.39, 0.29) is 5.91 Å².